The van der Waals surface area contributed by atoms with Crippen molar-refractivity contribution in [1.29, 1.82) is 0 Å². The molecule has 0 saturated heterocycles. The Morgan fingerprint density at radius 3 is 2.93 bits per heavy atom. The minimum absolute atomic E-state index is 0.173. The van der Waals surface area contributed by atoms with Crippen molar-refractivity contribution in [2.75, 3.05) is 6.54 Å². The molecule has 0 spiro atoms. The second-order valence-corrected chi connectivity index (χ2v) is 2.87. The molecular formula is C11H10FNO2. The van der Waals surface area contributed by atoms with Crippen molar-refractivity contribution in [2.24, 2.45) is 0 Å². The van der Waals surface area contributed by atoms with E-state index in [-0.39, 0.29) is 18.2 Å². The molecule has 0 bridgehead atoms. The van der Waals surface area contributed by atoms with E-state index in [9.17, 15) is 14.3 Å². The van der Waals surface area contributed by atoms with Crippen LogP contribution in [0.25, 0.3) is 0 Å². The van der Waals surface area contributed by atoms with Gasteiger partial charge < -0.3 is 10.4 Å². The number of hydrogen-bond donors (Lipinski definition) is 2. The monoisotopic (exact) mass is 207 g/mol. The first kappa shape index (κ1) is 11.1. The summed E-state index contributed by atoms with van der Waals surface area (Å²) in [6.45, 7) is 1.59. The van der Waals surface area contributed by atoms with Crippen molar-refractivity contribution in [2.45, 2.75) is 6.92 Å². The molecule has 0 unspecified atom stereocenters. The zero-order chi connectivity index (χ0) is 11.3. The molecule has 78 valence electrons. The van der Waals surface area contributed by atoms with Gasteiger partial charge in [0.05, 0.1) is 12.1 Å². The normalized spacial score (nSPS) is 8.93. The third-order valence-corrected chi connectivity index (χ3v) is 1.61. The van der Waals surface area contributed by atoms with Crippen LogP contribution in [0, 0.1) is 17.7 Å². The van der Waals surface area contributed by atoms with E-state index in [1.807, 2.05) is 0 Å². The number of phenols is 1. The van der Waals surface area contributed by atoms with Crippen molar-refractivity contribution >= 4 is 5.91 Å². The smallest absolute Gasteiger partial charge is 0.217 e. The molecule has 0 aliphatic carbocycles. The van der Waals surface area contributed by atoms with Crippen LogP contribution in [0.4, 0.5) is 4.39 Å². The molecule has 1 aromatic rings. The zero-order valence-corrected chi connectivity index (χ0v) is 8.17. The van der Waals surface area contributed by atoms with Crippen molar-refractivity contribution < 1.29 is 14.3 Å². The minimum Gasteiger partial charge on any atom is -0.507 e. The van der Waals surface area contributed by atoms with Crippen LogP contribution < -0.4 is 5.32 Å². The van der Waals surface area contributed by atoms with Gasteiger partial charge in [-0.05, 0) is 12.1 Å². The van der Waals surface area contributed by atoms with Gasteiger partial charge in [0.25, 0.3) is 0 Å². The first-order valence-corrected chi connectivity index (χ1v) is 4.31. The highest BCUT2D eigenvalue weighted by atomic mass is 19.1. The van der Waals surface area contributed by atoms with Gasteiger partial charge >= 0.3 is 0 Å². The molecule has 0 saturated carbocycles. The zero-order valence-electron chi connectivity index (χ0n) is 8.17. The van der Waals surface area contributed by atoms with Crippen LogP contribution in [0.3, 0.4) is 0 Å². The summed E-state index contributed by atoms with van der Waals surface area (Å²) >= 11 is 0. The van der Waals surface area contributed by atoms with E-state index in [0.29, 0.717) is 5.56 Å². The van der Waals surface area contributed by atoms with Crippen LogP contribution in [0.1, 0.15) is 12.5 Å². The fourth-order valence-corrected chi connectivity index (χ4v) is 0.919. The van der Waals surface area contributed by atoms with E-state index in [0.717, 1.165) is 6.07 Å². The molecule has 15 heavy (non-hydrogen) atoms. The highest BCUT2D eigenvalue weighted by molar-refractivity contribution is 5.73. The number of carbonyl (C=O) groups excluding carboxylic acids is 1. The number of phenolic OH excluding ortho intramolecular Hbond substituents is 1. The largest absolute Gasteiger partial charge is 0.507 e. The first-order valence-electron chi connectivity index (χ1n) is 4.31. The highest BCUT2D eigenvalue weighted by Gasteiger charge is 1.98. The summed E-state index contributed by atoms with van der Waals surface area (Å²) in [6, 6.07) is 3.58. The Bertz CT molecular complexity index is 432. The van der Waals surface area contributed by atoms with Gasteiger partial charge in [-0.1, -0.05) is 11.8 Å². The average Bonchev–Trinajstić information content (AvgIpc) is 2.14. The lowest BCUT2D eigenvalue weighted by molar-refractivity contribution is -0.118. The Balaban J connectivity index is 2.67. The quantitative estimate of drug-likeness (QED) is 0.675. The van der Waals surface area contributed by atoms with Gasteiger partial charge in [0, 0.05) is 13.0 Å². The van der Waals surface area contributed by atoms with Crippen LogP contribution in [-0.4, -0.2) is 17.6 Å². The lowest BCUT2D eigenvalue weighted by Gasteiger charge is -1.96. The van der Waals surface area contributed by atoms with Crippen LogP contribution in [0.5, 0.6) is 5.75 Å². The number of nitrogens with one attached hydrogen (secondary N) is 1. The van der Waals surface area contributed by atoms with Crippen molar-refractivity contribution in [3.63, 3.8) is 0 Å². The third kappa shape index (κ3) is 3.69. The molecule has 0 heterocycles. The van der Waals surface area contributed by atoms with Crippen molar-refractivity contribution in [1.82, 2.24) is 5.32 Å². The molecule has 0 aliphatic heterocycles. The Morgan fingerprint density at radius 2 is 2.33 bits per heavy atom. The topological polar surface area (TPSA) is 49.3 Å². The first-order chi connectivity index (χ1) is 7.09. The molecule has 1 aromatic carbocycles. The molecule has 0 atom stereocenters. The summed E-state index contributed by atoms with van der Waals surface area (Å²) in [6.07, 6.45) is 0. The molecule has 2 N–H and O–H groups in total. The van der Waals surface area contributed by atoms with Gasteiger partial charge in [-0.15, -0.1) is 0 Å². The van der Waals surface area contributed by atoms with E-state index in [4.69, 9.17) is 0 Å². The van der Waals surface area contributed by atoms with Gasteiger partial charge in [-0.25, -0.2) is 4.39 Å². The maximum absolute atomic E-state index is 12.6. The molecule has 0 fully saturated rings. The van der Waals surface area contributed by atoms with Crippen molar-refractivity contribution in [3.8, 4) is 17.6 Å². The maximum atomic E-state index is 12.6. The number of rotatable bonds is 1. The summed E-state index contributed by atoms with van der Waals surface area (Å²) in [5, 5.41) is 11.7. The summed E-state index contributed by atoms with van der Waals surface area (Å²) < 4.78 is 12.6. The predicted octanol–water partition coefficient (Wildman–Crippen LogP) is 1.02. The highest BCUT2D eigenvalue weighted by Crippen LogP contribution is 2.16. The lowest BCUT2D eigenvalue weighted by atomic mass is 10.2. The number of halogens is 1. The number of benzene rings is 1. The van der Waals surface area contributed by atoms with E-state index < -0.39 is 5.82 Å². The molecule has 1 amide bonds. The molecule has 0 aromatic heterocycles. The number of carbonyl (C=O) groups is 1. The second-order valence-electron chi connectivity index (χ2n) is 2.87. The summed E-state index contributed by atoms with van der Waals surface area (Å²) in [5.41, 5.74) is 0.335. The average molecular weight is 207 g/mol. The molecule has 3 nitrogen and oxygen atoms in total. The summed E-state index contributed by atoms with van der Waals surface area (Å²) in [7, 11) is 0. The predicted molar refractivity (Wildman–Crippen MR) is 53.6 cm³/mol. The van der Waals surface area contributed by atoms with E-state index >= 15 is 0 Å². The van der Waals surface area contributed by atoms with Crippen LogP contribution >= 0.6 is 0 Å². The number of amides is 1. The van der Waals surface area contributed by atoms with Crippen LogP contribution in [0.15, 0.2) is 18.2 Å². The molecule has 1 rings (SSSR count). The fourth-order valence-electron chi connectivity index (χ4n) is 0.919. The molecular weight excluding hydrogens is 197 g/mol. The fraction of sp³-hybridized carbons (Fsp3) is 0.182. The Morgan fingerprint density at radius 1 is 1.60 bits per heavy atom. The van der Waals surface area contributed by atoms with E-state index in [2.05, 4.69) is 17.2 Å². The Hall–Kier alpha value is -2.02. The molecule has 0 aliphatic rings. The second kappa shape index (κ2) is 5.01. The lowest BCUT2D eigenvalue weighted by Crippen LogP contribution is -2.19. The minimum atomic E-state index is -0.514. The van der Waals surface area contributed by atoms with Gasteiger partial charge in [0.1, 0.15) is 11.6 Å². The van der Waals surface area contributed by atoms with E-state index in [1.165, 1.54) is 19.1 Å². The van der Waals surface area contributed by atoms with Gasteiger partial charge in [-0.3, -0.25) is 4.79 Å². The SMILES string of the molecule is CC(=O)NCC#Cc1ccc(F)cc1O. The third-order valence-electron chi connectivity index (χ3n) is 1.61. The van der Waals surface area contributed by atoms with Gasteiger partial charge in [0.2, 0.25) is 5.91 Å². The van der Waals surface area contributed by atoms with Crippen LogP contribution in [-0.2, 0) is 4.79 Å². The molecule has 0 radical (unpaired) electrons. The number of aromatic hydroxyl groups is 1. The summed E-state index contributed by atoms with van der Waals surface area (Å²) in [5.74, 6) is 4.35. The molecule has 4 heteroatoms. The Labute approximate surface area is 86.9 Å². The van der Waals surface area contributed by atoms with Crippen LogP contribution in [0.2, 0.25) is 0 Å². The van der Waals surface area contributed by atoms with Gasteiger partial charge in [0.15, 0.2) is 0 Å². The Kier molecular flexibility index (Phi) is 3.69. The summed E-state index contributed by atoms with van der Waals surface area (Å²) in [4.78, 5) is 10.5. The van der Waals surface area contributed by atoms with Crippen molar-refractivity contribution in [3.05, 3.63) is 29.6 Å². The standard InChI is InChI=1S/C11H10FNO2/c1-8(14)13-6-2-3-9-4-5-10(12)7-11(9)15/h4-5,7,15H,6H2,1H3,(H,13,14). The maximum Gasteiger partial charge on any atom is 0.217 e. The van der Waals surface area contributed by atoms with Gasteiger partial charge in [-0.2, -0.15) is 0 Å². The number of hydrogen-bond acceptors (Lipinski definition) is 2. The van der Waals surface area contributed by atoms with E-state index in [1.54, 1.807) is 0 Å².